The summed E-state index contributed by atoms with van der Waals surface area (Å²) < 4.78 is 10.1. The van der Waals surface area contributed by atoms with E-state index in [9.17, 15) is 4.79 Å². The summed E-state index contributed by atoms with van der Waals surface area (Å²) in [5.41, 5.74) is 3.40. The van der Waals surface area contributed by atoms with Crippen LogP contribution in [-0.4, -0.2) is 27.7 Å². The Labute approximate surface area is 132 Å². The predicted octanol–water partition coefficient (Wildman–Crippen LogP) is 3.15. The van der Waals surface area contributed by atoms with Gasteiger partial charge in [0.15, 0.2) is 0 Å². The van der Waals surface area contributed by atoms with Crippen molar-refractivity contribution in [1.29, 1.82) is 0 Å². The van der Waals surface area contributed by atoms with Crippen LogP contribution in [0.3, 0.4) is 0 Å². The third kappa shape index (κ3) is 2.85. The van der Waals surface area contributed by atoms with Crippen molar-refractivity contribution in [2.75, 3.05) is 11.9 Å². The van der Waals surface area contributed by atoms with Crippen LogP contribution in [-0.2, 0) is 4.74 Å². The maximum Gasteiger partial charge on any atom is 0.361 e. The molecule has 0 bridgehead atoms. The first-order valence-corrected chi connectivity index (χ1v) is 7.22. The fraction of sp³-hybridized carbons (Fsp3) is 0.250. The molecule has 7 nitrogen and oxygen atoms in total. The molecule has 0 fully saturated rings. The zero-order chi connectivity index (χ0) is 16.4. The van der Waals surface area contributed by atoms with Gasteiger partial charge in [0.2, 0.25) is 5.69 Å². The van der Waals surface area contributed by atoms with Crippen LogP contribution in [0, 0.1) is 13.8 Å². The number of anilines is 2. The predicted molar refractivity (Wildman–Crippen MR) is 84.8 cm³/mol. The minimum Gasteiger partial charge on any atom is -0.461 e. The van der Waals surface area contributed by atoms with Crippen molar-refractivity contribution < 1.29 is 14.1 Å². The summed E-state index contributed by atoms with van der Waals surface area (Å²) >= 11 is 0. The first-order valence-electron chi connectivity index (χ1n) is 7.22. The highest BCUT2D eigenvalue weighted by Crippen LogP contribution is 2.28. The average molecular weight is 312 g/mol. The number of ether oxygens (including phenoxy) is 1. The topological polar surface area (TPSA) is 90.1 Å². The van der Waals surface area contributed by atoms with Gasteiger partial charge in [0.05, 0.1) is 6.61 Å². The molecule has 2 aromatic heterocycles. The third-order valence-corrected chi connectivity index (χ3v) is 3.38. The van der Waals surface area contributed by atoms with E-state index in [0.29, 0.717) is 11.2 Å². The summed E-state index contributed by atoms with van der Waals surface area (Å²) in [5.74, 6) is -0.115. The Morgan fingerprint density at radius 2 is 2.13 bits per heavy atom. The molecule has 0 saturated carbocycles. The van der Waals surface area contributed by atoms with E-state index in [0.717, 1.165) is 16.8 Å². The molecule has 0 amide bonds. The van der Waals surface area contributed by atoms with Crippen LogP contribution in [0.1, 0.15) is 28.5 Å². The van der Waals surface area contributed by atoms with Gasteiger partial charge in [-0.1, -0.05) is 22.9 Å². The molecule has 0 aliphatic heterocycles. The smallest absolute Gasteiger partial charge is 0.361 e. The number of carbonyl (C=O) groups is 1. The fourth-order valence-corrected chi connectivity index (χ4v) is 2.30. The molecule has 118 valence electrons. The summed E-state index contributed by atoms with van der Waals surface area (Å²) in [7, 11) is 0. The molecule has 0 spiro atoms. The van der Waals surface area contributed by atoms with Gasteiger partial charge in [-0.15, -0.1) is 0 Å². The van der Waals surface area contributed by atoms with Gasteiger partial charge in [-0.25, -0.2) is 9.78 Å². The minimum absolute atomic E-state index is 0.0646. The van der Waals surface area contributed by atoms with Gasteiger partial charge >= 0.3 is 5.97 Å². The Hall–Kier alpha value is -2.96. The van der Waals surface area contributed by atoms with Crippen LogP contribution >= 0.6 is 0 Å². The molecule has 0 saturated heterocycles. The normalized spacial score (nSPS) is 10.7. The Balaban J connectivity index is 2.06. The molecule has 1 N–H and O–H groups in total. The second-order valence-electron chi connectivity index (χ2n) is 5.10. The van der Waals surface area contributed by atoms with Crippen LogP contribution in [0.5, 0.6) is 0 Å². The zero-order valence-corrected chi connectivity index (χ0v) is 13.1. The summed E-state index contributed by atoms with van der Waals surface area (Å²) in [6.07, 6.45) is 1.36. The van der Waals surface area contributed by atoms with Crippen molar-refractivity contribution in [3.05, 3.63) is 41.3 Å². The molecular weight excluding hydrogens is 296 g/mol. The first kappa shape index (κ1) is 15.0. The number of fused-ring (bicyclic) bond motifs is 1. The molecule has 0 aliphatic rings. The van der Waals surface area contributed by atoms with E-state index in [-0.39, 0.29) is 18.0 Å². The maximum atomic E-state index is 12.0. The Morgan fingerprint density at radius 1 is 1.30 bits per heavy atom. The van der Waals surface area contributed by atoms with E-state index in [4.69, 9.17) is 9.26 Å². The van der Waals surface area contributed by atoms with Crippen LogP contribution in [0.4, 0.5) is 11.5 Å². The Morgan fingerprint density at radius 3 is 2.87 bits per heavy atom. The molecular formula is C16H16N4O3. The van der Waals surface area contributed by atoms with Crippen LogP contribution < -0.4 is 5.32 Å². The van der Waals surface area contributed by atoms with Crippen LogP contribution in [0.25, 0.3) is 11.1 Å². The molecule has 0 aliphatic carbocycles. The third-order valence-electron chi connectivity index (χ3n) is 3.38. The highest BCUT2D eigenvalue weighted by molar-refractivity contribution is 6.05. The van der Waals surface area contributed by atoms with Crippen molar-refractivity contribution in [1.82, 2.24) is 15.1 Å². The number of rotatable bonds is 4. The number of esters is 1. The largest absolute Gasteiger partial charge is 0.461 e. The van der Waals surface area contributed by atoms with Gasteiger partial charge in [0.25, 0.3) is 5.71 Å². The molecule has 3 rings (SSSR count). The number of hydrogen-bond donors (Lipinski definition) is 1. The standard InChI is InChI=1S/C16H16N4O3/c1-4-22-16(21)13-12-14(17-8-18-15(12)23-20-13)19-11-6-5-9(2)7-10(11)3/h5-8H,4H2,1-3H3,(H,17,18,19). The molecule has 0 radical (unpaired) electrons. The van der Waals surface area contributed by atoms with Crippen LogP contribution in [0.15, 0.2) is 29.0 Å². The van der Waals surface area contributed by atoms with Crippen molar-refractivity contribution in [3.8, 4) is 0 Å². The second-order valence-corrected chi connectivity index (χ2v) is 5.10. The van der Waals surface area contributed by atoms with Crippen LogP contribution in [0.2, 0.25) is 0 Å². The molecule has 3 aromatic rings. The summed E-state index contributed by atoms with van der Waals surface area (Å²) in [6.45, 7) is 6.00. The highest BCUT2D eigenvalue weighted by Gasteiger charge is 2.22. The molecule has 23 heavy (non-hydrogen) atoms. The van der Waals surface area contributed by atoms with E-state index in [1.165, 1.54) is 6.33 Å². The van der Waals surface area contributed by atoms with Gasteiger partial charge in [-0.05, 0) is 32.4 Å². The molecule has 0 unspecified atom stereocenters. The van der Waals surface area contributed by atoms with Gasteiger partial charge in [-0.2, -0.15) is 4.98 Å². The summed E-state index contributed by atoms with van der Waals surface area (Å²) in [5, 5.41) is 7.38. The van der Waals surface area contributed by atoms with E-state index < -0.39 is 5.97 Å². The Bertz CT molecular complexity index is 873. The van der Waals surface area contributed by atoms with Crippen molar-refractivity contribution in [2.45, 2.75) is 20.8 Å². The first-order chi connectivity index (χ1) is 11.1. The lowest BCUT2D eigenvalue weighted by atomic mass is 10.1. The number of nitrogens with one attached hydrogen (secondary N) is 1. The summed E-state index contributed by atoms with van der Waals surface area (Å²) in [6, 6.07) is 6.00. The number of nitrogens with zero attached hydrogens (tertiary/aromatic N) is 3. The number of aryl methyl sites for hydroxylation is 2. The lowest BCUT2D eigenvalue weighted by Gasteiger charge is -2.10. The Kier molecular flexibility index (Phi) is 3.92. The quantitative estimate of drug-likeness (QED) is 0.740. The van der Waals surface area contributed by atoms with Gasteiger partial charge in [0.1, 0.15) is 17.5 Å². The van der Waals surface area contributed by atoms with Crippen molar-refractivity contribution >= 4 is 28.6 Å². The van der Waals surface area contributed by atoms with Crippen molar-refractivity contribution in [2.24, 2.45) is 0 Å². The number of aromatic nitrogens is 3. The zero-order valence-electron chi connectivity index (χ0n) is 13.1. The van der Waals surface area contributed by atoms with Gasteiger partial charge in [0, 0.05) is 5.69 Å². The second kappa shape index (κ2) is 6.04. The number of hydrogen-bond acceptors (Lipinski definition) is 7. The number of benzene rings is 1. The van der Waals surface area contributed by atoms with Gasteiger partial charge in [-0.3, -0.25) is 0 Å². The monoisotopic (exact) mass is 312 g/mol. The van der Waals surface area contributed by atoms with E-state index >= 15 is 0 Å². The SMILES string of the molecule is CCOC(=O)c1noc2ncnc(Nc3ccc(C)cc3C)c12. The molecule has 0 atom stereocenters. The van der Waals surface area contributed by atoms with E-state index in [1.807, 2.05) is 26.0 Å². The molecule has 1 aromatic carbocycles. The summed E-state index contributed by atoms with van der Waals surface area (Å²) in [4.78, 5) is 20.2. The lowest BCUT2D eigenvalue weighted by Crippen LogP contribution is -2.07. The fourth-order valence-electron chi connectivity index (χ4n) is 2.30. The molecule has 7 heteroatoms. The highest BCUT2D eigenvalue weighted by atomic mass is 16.5. The number of carbonyl (C=O) groups excluding carboxylic acids is 1. The maximum absolute atomic E-state index is 12.0. The van der Waals surface area contributed by atoms with Gasteiger partial charge < -0.3 is 14.6 Å². The van der Waals surface area contributed by atoms with Crippen molar-refractivity contribution in [3.63, 3.8) is 0 Å². The minimum atomic E-state index is -0.565. The average Bonchev–Trinajstić information content (AvgIpc) is 2.95. The van der Waals surface area contributed by atoms with E-state index in [2.05, 4.69) is 26.5 Å². The molecule has 2 heterocycles. The lowest BCUT2D eigenvalue weighted by molar-refractivity contribution is 0.0517. The van der Waals surface area contributed by atoms with E-state index in [1.54, 1.807) is 6.92 Å².